The first-order valence-electron chi connectivity index (χ1n) is 8.79. The standard InChI is InChI=1S/C18H24N2O7/c1-12(17(21)19-8-6-4-5-7-9-19)27-18(22)13-10-15(25-2)16(26-3)11-14(13)20(23)24/h10-12H,4-9H2,1-3H3/t12-/m0/s1. The number of nitrogens with zero attached hydrogens (tertiary/aromatic N) is 2. The Balaban J connectivity index is 2.20. The van der Waals surface area contributed by atoms with Gasteiger partial charge in [-0.2, -0.15) is 0 Å². The lowest BCUT2D eigenvalue weighted by Crippen LogP contribution is -2.40. The van der Waals surface area contributed by atoms with E-state index >= 15 is 0 Å². The predicted molar refractivity (Wildman–Crippen MR) is 96.1 cm³/mol. The minimum Gasteiger partial charge on any atom is -0.493 e. The minimum atomic E-state index is -1.04. The molecule has 1 aliphatic heterocycles. The van der Waals surface area contributed by atoms with E-state index in [-0.39, 0.29) is 23.0 Å². The Hall–Kier alpha value is -2.84. The van der Waals surface area contributed by atoms with Crippen molar-refractivity contribution in [2.45, 2.75) is 38.7 Å². The monoisotopic (exact) mass is 380 g/mol. The molecule has 2 rings (SSSR count). The van der Waals surface area contributed by atoms with Gasteiger partial charge >= 0.3 is 5.97 Å². The number of benzene rings is 1. The first kappa shape index (κ1) is 20.5. The van der Waals surface area contributed by atoms with Crippen LogP contribution in [0.2, 0.25) is 0 Å². The SMILES string of the molecule is COc1cc(C(=O)O[C@@H](C)C(=O)N2CCCCCC2)c([N+](=O)[O-])cc1OC. The largest absolute Gasteiger partial charge is 0.493 e. The average Bonchev–Trinajstić information content (AvgIpc) is 2.95. The van der Waals surface area contributed by atoms with Gasteiger partial charge in [0.25, 0.3) is 11.6 Å². The number of methoxy groups -OCH3 is 2. The van der Waals surface area contributed by atoms with Gasteiger partial charge in [-0.25, -0.2) is 4.79 Å². The van der Waals surface area contributed by atoms with Crippen LogP contribution in [0, 0.1) is 10.1 Å². The third-order valence-electron chi connectivity index (χ3n) is 4.47. The number of hydrogen-bond donors (Lipinski definition) is 0. The van der Waals surface area contributed by atoms with E-state index in [9.17, 15) is 19.7 Å². The van der Waals surface area contributed by atoms with Crippen LogP contribution in [0.3, 0.4) is 0 Å². The smallest absolute Gasteiger partial charge is 0.346 e. The van der Waals surface area contributed by atoms with Crippen molar-refractivity contribution in [3.63, 3.8) is 0 Å². The molecule has 9 nitrogen and oxygen atoms in total. The van der Waals surface area contributed by atoms with Crippen molar-refractivity contribution >= 4 is 17.6 Å². The van der Waals surface area contributed by atoms with Gasteiger partial charge in [-0.15, -0.1) is 0 Å². The van der Waals surface area contributed by atoms with E-state index in [0.717, 1.165) is 31.7 Å². The number of nitro groups is 1. The number of nitro benzene ring substituents is 1. The van der Waals surface area contributed by atoms with Crippen molar-refractivity contribution in [3.05, 3.63) is 27.8 Å². The normalized spacial score (nSPS) is 15.4. The molecule has 148 valence electrons. The summed E-state index contributed by atoms with van der Waals surface area (Å²) in [6, 6.07) is 2.28. The van der Waals surface area contributed by atoms with Gasteiger partial charge in [0.2, 0.25) is 0 Å². The molecule has 1 amide bonds. The molecule has 0 unspecified atom stereocenters. The Labute approximate surface area is 157 Å². The van der Waals surface area contributed by atoms with Gasteiger partial charge < -0.3 is 19.1 Å². The average molecular weight is 380 g/mol. The highest BCUT2D eigenvalue weighted by molar-refractivity contribution is 5.96. The van der Waals surface area contributed by atoms with Crippen LogP contribution in [0.4, 0.5) is 5.69 Å². The molecular formula is C18H24N2O7. The third kappa shape index (κ3) is 4.87. The van der Waals surface area contributed by atoms with E-state index in [1.165, 1.54) is 27.2 Å². The van der Waals surface area contributed by atoms with E-state index in [1.807, 2.05) is 0 Å². The van der Waals surface area contributed by atoms with Crippen LogP contribution in [0.5, 0.6) is 11.5 Å². The van der Waals surface area contributed by atoms with Crippen LogP contribution in [0.1, 0.15) is 43.0 Å². The fraction of sp³-hybridized carbons (Fsp3) is 0.556. The van der Waals surface area contributed by atoms with Crippen LogP contribution < -0.4 is 9.47 Å². The molecule has 1 heterocycles. The zero-order chi connectivity index (χ0) is 20.0. The molecule has 0 aromatic heterocycles. The molecule has 27 heavy (non-hydrogen) atoms. The number of hydrogen-bond acceptors (Lipinski definition) is 7. The fourth-order valence-electron chi connectivity index (χ4n) is 3.01. The van der Waals surface area contributed by atoms with E-state index in [0.29, 0.717) is 13.1 Å². The number of carbonyl (C=O) groups is 2. The van der Waals surface area contributed by atoms with Gasteiger partial charge in [0, 0.05) is 19.2 Å². The zero-order valence-electron chi connectivity index (χ0n) is 15.7. The molecule has 0 N–H and O–H groups in total. The van der Waals surface area contributed by atoms with Crippen LogP contribution >= 0.6 is 0 Å². The van der Waals surface area contributed by atoms with Crippen LogP contribution in [0.25, 0.3) is 0 Å². The Morgan fingerprint density at radius 3 is 2.15 bits per heavy atom. The molecule has 1 aromatic rings. The molecule has 0 radical (unpaired) electrons. The topological polar surface area (TPSA) is 108 Å². The summed E-state index contributed by atoms with van der Waals surface area (Å²) >= 11 is 0. The number of amides is 1. The Morgan fingerprint density at radius 1 is 1.07 bits per heavy atom. The number of carbonyl (C=O) groups excluding carboxylic acids is 2. The summed E-state index contributed by atoms with van der Waals surface area (Å²) in [6.45, 7) is 2.71. The lowest BCUT2D eigenvalue weighted by atomic mass is 10.1. The highest BCUT2D eigenvalue weighted by atomic mass is 16.6. The maximum Gasteiger partial charge on any atom is 0.346 e. The molecule has 1 aliphatic rings. The van der Waals surface area contributed by atoms with E-state index < -0.39 is 22.7 Å². The summed E-state index contributed by atoms with van der Waals surface area (Å²) in [5.74, 6) is -0.984. The quantitative estimate of drug-likeness (QED) is 0.424. The van der Waals surface area contributed by atoms with Crippen LogP contribution in [-0.2, 0) is 9.53 Å². The predicted octanol–water partition coefficient (Wildman–Crippen LogP) is 2.56. The summed E-state index contributed by atoms with van der Waals surface area (Å²) in [7, 11) is 2.69. The maximum atomic E-state index is 12.5. The van der Waals surface area contributed by atoms with Crippen molar-refractivity contribution in [1.82, 2.24) is 4.90 Å². The summed E-state index contributed by atoms with van der Waals surface area (Å²) in [6.07, 6.45) is 2.91. The number of esters is 1. The molecule has 0 aliphatic carbocycles. The van der Waals surface area contributed by atoms with E-state index in [2.05, 4.69) is 0 Å². The maximum absolute atomic E-state index is 12.5. The lowest BCUT2D eigenvalue weighted by molar-refractivity contribution is -0.385. The summed E-state index contributed by atoms with van der Waals surface area (Å²) in [4.78, 5) is 37.3. The summed E-state index contributed by atoms with van der Waals surface area (Å²) in [5, 5.41) is 11.3. The van der Waals surface area contributed by atoms with Gasteiger partial charge in [0.15, 0.2) is 17.6 Å². The third-order valence-corrected chi connectivity index (χ3v) is 4.47. The fourth-order valence-corrected chi connectivity index (χ4v) is 3.01. The molecule has 1 fully saturated rings. The van der Waals surface area contributed by atoms with Crippen LogP contribution in [0.15, 0.2) is 12.1 Å². The van der Waals surface area contributed by atoms with E-state index in [1.54, 1.807) is 4.90 Å². The van der Waals surface area contributed by atoms with Gasteiger partial charge in [0.05, 0.1) is 25.2 Å². The Morgan fingerprint density at radius 2 is 1.63 bits per heavy atom. The molecule has 0 saturated carbocycles. The number of ether oxygens (including phenoxy) is 3. The second-order valence-electron chi connectivity index (χ2n) is 6.27. The summed E-state index contributed by atoms with van der Waals surface area (Å²) < 4.78 is 15.3. The van der Waals surface area contributed by atoms with Crippen molar-refractivity contribution in [2.75, 3.05) is 27.3 Å². The second-order valence-corrected chi connectivity index (χ2v) is 6.27. The molecule has 1 aromatic carbocycles. The van der Waals surface area contributed by atoms with Crippen LogP contribution in [-0.4, -0.2) is 55.1 Å². The zero-order valence-corrected chi connectivity index (χ0v) is 15.7. The van der Waals surface area contributed by atoms with E-state index in [4.69, 9.17) is 14.2 Å². The van der Waals surface area contributed by atoms with Crippen molar-refractivity contribution in [2.24, 2.45) is 0 Å². The Bertz CT molecular complexity index is 712. The van der Waals surface area contributed by atoms with Crippen molar-refractivity contribution in [1.29, 1.82) is 0 Å². The first-order valence-corrected chi connectivity index (χ1v) is 8.79. The molecule has 1 saturated heterocycles. The Kier molecular flexibility index (Phi) is 6.98. The highest BCUT2D eigenvalue weighted by Crippen LogP contribution is 2.35. The molecular weight excluding hydrogens is 356 g/mol. The summed E-state index contributed by atoms with van der Waals surface area (Å²) in [5.41, 5.74) is -0.778. The molecule has 0 bridgehead atoms. The first-order chi connectivity index (χ1) is 12.9. The second kappa shape index (κ2) is 9.20. The molecule has 0 spiro atoms. The number of likely N-dealkylation sites (tertiary alicyclic amines) is 1. The van der Waals surface area contributed by atoms with Crippen molar-refractivity contribution < 1.29 is 28.7 Å². The number of rotatable bonds is 6. The van der Waals surface area contributed by atoms with Gasteiger partial charge in [-0.05, 0) is 19.8 Å². The van der Waals surface area contributed by atoms with Gasteiger partial charge in [0.1, 0.15) is 5.56 Å². The molecule has 9 heteroatoms. The minimum absolute atomic E-state index is 0.120. The highest BCUT2D eigenvalue weighted by Gasteiger charge is 2.30. The lowest BCUT2D eigenvalue weighted by Gasteiger charge is -2.24. The van der Waals surface area contributed by atoms with Gasteiger partial charge in [-0.3, -0.25) is 14.9 Å². The van der Waals surface area contributed by atoms with Crippen molar-refractivity contribution in [3.8, 4) is 11.5 Å². The van der Waals surface area contributed by atoms with Gasteiger partial charge in [-0.1, -0.05) is 12.8 Å². The molecule has 1 atom stereocenters.